The summed E-state index contributed by atoms with van der Waals surface area (Å²) in [6, 6.07) is 0. The van der Waals surface area contributed by atoms with Gasteiger partial charge < -0.3 is 28.8 Å². The van der Waals surface area contributed by atoms with Gasteiger partial charge in [0.2, 0.25) is 0 Å². The molecule has 7 atom stereocenters. The van der Waals surface area contributed by atoms with Crippen LogP contribution in [0.5, 0.6) is 0 Å². The smallest absolute Gasteiger partial charge is 0.308 e. The minimum absolute atomic E-state index is 0.183. The van der Waals surface area contributed by atoms with Crippen LogP contribution in [0.25, 0.3) is 0 Å². The summed E-state index contributed by atoms with van der Waals surface area (Å²) in [5, 5.41) is 11.0. The lowest BCUT2D eigenvalue weighted by Crippen LogP contribution is -2.62. The first-order chi connectivity index (χ1) is 14.7. The van der Waals surface area contributed by atoms with Crippen LogP contribution in [0.3, 0.4) is 0 Å². The number of aliphatic hydroxyl groups excluding tert-OH is 1. The Morgan fingerprint density at radius 3 is 2.48 bits per heavy atom. The third-order valence-electron chi connectivity index (χ3n) is 6.86. The molecule has 3 heterocycles. The highest BCUT2D eigenvalue weighted by molar-refractivity contribution is 6.80. The van der Waals surface area contributed by atoms with Gasteiger partial charge in [-0.05, 0) is 25.7 Å². The van der Waals surface area contributed by atoms with Gasteiger partial charge in [-0.25, -0.2) is 0 Å². The first kappa shape index (κ1) is 23.4. The van der Waals surface area contributed by atoms with E-state index in [1.165, 1.54) is 13.5 Å². The molecule has 4 aliphatic rings. The predicted molar refractivity (Wildman–Crippen MR) is 117 cm³/mol. The van der Waals surface area contributed by atoms with E-state index in [-0.39, 0.29) is 36.8 Å². The number of ether oxygens (including phenoxy) is 5. The fraction of sp³-hybridized carbons (Fsp3) is 0.870. The molecule has 0 bridgehead atoms. The molecular weight excluding hydrogens is 416 g/mol. The van der Waals surface area contributed by atoms with Gasteiger partial charge in [0, 0.05) is 12.8 Å². The lowest BCUT2D eigenvalue weighted by molar-refractivity contribution is -0.250. The molecule has 0 aromatic carbocycles. The molecule has 0 aromatic rings. The van der Waals surface area contributed by atoms with Crippen molar-refractivity contribution < 1.29 is 33.6 Å². The first-order valence-electron chi connectivity index (χ1n) is 11.8. The highest BCUT2D eigenvalue weighted by Gasteiger charge is 2.60. The van der Waals surface area contributed by atoms with Gasteiger partial charge in [0.1, 0.15) is 30.5 Å². The zero-order chi connectivity index (χ0) is 22.2. The van der Waals surface area contributed by atoms with E-state index in [4.69, 9.17) is 23.7 Å². The molecule has 31 heavy (non-hydrogen) atoms. The quantitative estimate of drug-likeness (QED) is 0.505. The third-order valence-corrected chi connectivity index (χ3v) is 8.05. The number of fused-ring (bicyclic) bond motifs is 3. The van der Waals surface area contributed by atoms with E-state index in [2.05, 4.69) is 25.3 Å². The molecule has 3 aliphatic heterocycles. The van der Waals surface area contributed by atoms with Crippen molar-refractivity contribution in [1.29, 1.82) is 0 Å². The average molecular weight is 455 g/mol. The van der Waals surface area contributed by atoms with Crippen molar-refractivity contribution in [2.45, 2.75) is 120 Å². The Morgan fingerprint density at radius 2 is 1.81 bits per heavy atom. The van der Waals surface area contributed by atoms with E-state index in [1.807, 2.05) is 6.08 Å². The predicted octanol–water partition coefficient (Wildman–Crippen LogP) is 3.10. The molecule has 0 aromatic heterocycles. The Labute approximate surface area is 186 Å². The number of hydrogen-bond acceptors (Lipinski definition) is 7. The molecule has 2 unspecified atom stereocenters. The Bertz CT molecular complexity index is 669. The second kappa shape index (κ2) is 9.23. The van der Waals surface area contributed by atoms with Gasteiger partial charge in [-0.15, -0.1) is 0 Å². The normalized spacial score (nSPS) is 38.6. The number of carbonyl (C=O) groups is 1. The van der Waals surface area contributed by atoms with Crippen molar-refractivity contribution in [3.8, 4) is 0 Å². The van der Waals surface area contributed by atoms with Gasteiger partial charge in [0.05, 0.1) is 33.8 Å². The van der Waals surface area contributed by atoms with Crippen molar-refractivity contribution in [3.05, 3.63) is 11.8 Å². The number of aliphatic hydroxyl groups is 1. The lowest BCUT2D eigenvalue weighted by atomic mass is 9.87. The Morgan fingerprint density at radius 1 is 1.10 bits per heavy atom. The Hall–Kier alpha value is -0.773. The van der Waals surface area contributed by atoms with Crippen LogP contribution in [-0.4, -0.2) is 74.8 Å². The molecule has 8 heteroatoms. The van der Waals surface area contributed by atoms with E-state index in [0.717, 1.165) is 32.1 Å². The summed E-state index contributed by atoms with van der Waals surface area (Å²) in [7, 11) is -0.0584. The summed E-state index contributed by atoms with van der Waals surface area (Å²) in [5.41, 5.74) is 2.15. The molecule has 0 amide bonds. The molecule has 0 radical (unpaired) electrons. The highest BCUT2D eigenvalue weighted by atomic mass is 28.3. The van der Waals surface area contributed by atoms with Crippen LogP contribution < -0.4 is 0 Å². The minimum atomic E-state index is -1.46. The van der Waals surface area contributed by atoms with Gasteiger partial charge in [0.25, 0.3) is 0 Å². The standard InChI is InChI=1S/C23H38O7Si/c1-26-18(25)14-15-8-9-17-20(27-15)22-21(29-23(30-22)11-6-5-7-12-23)19(28-17)16(24)10-13-31(2,3)4/h10,13,15-17,19-22,24H,5-9,11-12,14H2,1-4H3/b13-10+/t15-,16?,17+,19+,20?,21-,22+/m1/s1. The van der Waals surface area contributed by atoms with E-state index >= 15 is 0 Å². The number of esters is 1. The Kier molecular flexibility index (Phi) is 6.96. The molecule has 1 N–H and O–H groups in total. The lowest BCUT2D eigenvalue weighted by Gasteiger charge is -2.47. The molecule has 176 valence electrons. The highest BCUT2D eigenvalue weighted by Crippen LogP contribution is 2.48. The molecule has 4 rings (SSSR count). The van der Waals surface area contributed by atoms with Crippen molar-refractivity contribution in [2.24, 2.45) is 0 Å². The third kappa shape index (κ3) is 5.25. The van der Waals surface area contributed by atoms with Gasteiger partial charge in [-0.3, -0.25) is 4.79 Å². The maximum Gasteiger partial charge on any atom is 0.308 e. The van der Waals surface area contributed by atoms with Gasteiger partial charge in [-0.1, -0.05) is 37.8 Å². The number of carbonyl (C=O) groups excluding carboxylic acids is 1. The van der Waals surface area contributed by atoms with Crippen molar-refractivity contribution in [3.63, 3.8) is 0 Å². The zero-order valence-electron chi connectivity index (χ0n) is 19.2. The summed E-state index contributed by atoms with van der Waals surface area (Å²) in [6.07, 6.45) is 6.00. The Balaban J connectivity index is 1.55. The molecule has 1 saturated carbocycles. The summed E-state index contributed by atoms with van der Waals surface area (Å²) in [4.78, 5) is 11.8. The molecular formula is C23H38O7Si. The molecule has 4 fully saturated rings. The van der Waals surface area contributed by atoms with Gasteiger partial charge in [-0.2, -0.15) is 0 Å². The van der Waals surface area contributed by atoms with Crippen molar-refractivity contribution in [1.82, 2.24) is 0 Å². The van der Waals surface area contributed by atoms with Crippen LogP contribution in [-0.2, 0) is 28.5 Å². The van der Waals surface area contributed by atoms with Crippen LogP contribution in [0.2, 0.25) is 19.6 Å². The van der Waals surface area contributed by atoms with Crippen LogP contribution in [0.4, 0.5) is 0 Å². The van der Waals surface area contributed by atoms with Gasteiger partial charge in [0.15, 0.2) is 5.79 Å². The van der Waals surface area contributed by atoms with E-state index in [9.17, 15) is 9.90 Å². The topological polar surface area (TPSA) is 83.5 Å². The largest absolute Gasteiger partial charge is 0.469 e. The molecule has 1 aliphatic carbocycles. The number of rotatable bonds is 5. The monoisotopic (exact) mass is 454 g/mol. The number of methoxy groups -OCH3 is 1. The van der Waals surface area contributed by atoms with Crippen LogP contribution in [0, 0.1) is 0 Å². The summed E-state index contributed by atoms with van der Waals surface area (Å²) < 4.78 is 30.7. The maximum atomic E-state index is 11.8. The average Bonchev–Trinajstić information content (AvgIpc) is 3.10. The van der Waals surface area contributed by atoms with Crippen LogP contribution >= 0.6 is 0 Å². The van der Waals surface area contributed by atoms with Crippen molar-refractivity contribution in [2.75, 3.05) is 7.11 Å². The van der Waals surface area contributed by atoms with Gasteiger partial charge >= 0.3 is 5.97 Å². The number of hydrogen-bond donors (Lipinski definition) is 1. The van der Waals surface area contributed by atoms with Crippen LogP contribution in [0.1, 0.15) is 51.4 Å². The summed E-state index contributed by atoms with van der Waals surface area (Å²) in [6.45, 7) is 6.71. The minimum Gasteiger partial charge on any atom is -0.469 e. The zero-order valence-corrected chi connectivity index (χ0v) is 20.2. The fourth-order valence-electron chi connectivity index (χ4n) is 5.29. The van der Waals surface area contributed by atoms with Crippen LogP contribution in [0.15, 0.2) is 11.8 Å². The van der Waals surface area contributed by atoms with Crippen molar-refractivity contribution >= 4 is 14.0 Å². The molecule has 7 nitrogen and oxygen atoms in total. The second-order valence-corrected chi connectivity index (χ2v) is 15.6. The SMILES string of the molecule is COC(=O)C[C@H]1CC[C@@H]2O[C@@H](C(O)/C=C/[Si](C)(C)C)[C@H]3OC4(CCCCC4)O[C@H]3C2O1. The molecule has 3 saturated heterocycles. The molecule has 1 spiro atoms. The van der Waals surface area contributed by atoms with E-state index in [1.54, 1.807) is 0 Å². The summed E-state index contributed by atoms with van der Waals surface area (Å²) >= 11 is 0. The fourth-order valence-corrected chi connectivity index (χ4v) is 6.06. The first-order valence-corrected chi connectivity index (χ1v) is 15.4. The summed E-state index contributed by atoms with van der Waals surface area (Å²) in [5.74, 6) is -0.876. The maximum absolute atomic E-state index is 11.8. The van der Waals surface area contributed by atoms with E-state index in [0.29, 0.717) is 6.42 Å². The van der Waals surface area contributed by atoms with E-state index < -0.39 is 32.2 Å². The second-order valence-electron chi connectivity index (χ2n) is 10.6.